The Morgan fingerprint density at radius 1 is 0.826 bits per heavy atom. The topological polar surface area (TPSA) is 58.6 Å². The summed E-state index contributed by atoms with van der Waals surface area (Å²) in [5.74, 6) is 0.863. The summed E-state index contributed by atoms with van der Waals surface area (Å²) in [6, 6.07) is 22.7. The van der Waals surface area contributed by atoms with Crippen molar-refractivity contribution in [2.45, 2.75) is 0 Å². The average molecular weight is 305 g/mol. The van der Waals surface area contributed by atoms with Crippen molar-refractivity contribution in [3.8, 4) is 17.2 Å². The molecule has 2 N–H and O–H groups in total. The molecule has 0 aromatic heterocycles. The lowest BCUT2D eigenvalue weighted by Crippen LogP contribution is -2.11. The van der Waals surface area contributed by atoms with Crippen LogP contribution in [0.1, 0.15) is 10.4 Å². The Balaban J connectivity index is 1.79. The molecule has 3 rings (SSSR count). The molecule has 4 heteroatoms. The van der Waals surface area contributed by atoms with E-state index in [-0.39, 0.29) is 11.7 Å². The molecule has 0 saturated carbocycles. The molecule has 0 aliphatic heterocycles. The fourth-order valence-electron chi connectivity index (χ4n) is 2.13. The van der Waals surface area contributed by atoms with E-state index in [1.807, 2.05) is 36.4 Å². The fraction of sp³-hybridized carbons (Fsp3) is 0. The molecular weight excluding hydrogens is 290 g/mol. The SMILES string of the molecule is O=C(Nc1cc(O)cc(Oc2ccccc2)c1)c1ccccc1. The zero-order chi connectivity index (χ0) is 16.1. The van der Waals surface area contributed by atoms with Crippen LogP contribution in [0.4, 0.5) is 5.69 Å². The molecule has 3 aromatic rings. The first-order valence-corrected chi connectivity index (χ1v) is 7.14. The van der Waals surface area contributed by atoms with Gasteiger partial charge in [-0.3, -0.25) is 4.79 Å². The molecule has 0 aliphatic carbocycles. The summed E-state index contributed by atoms with van der Waals surface area (Å²) >= 11 is 0. The lowest BCUT2D eigenvalue weighted by molar-refractivity contribution is 0.102. The van der Waals surface area contributed by atoms with Crippen LogP contribution in [0.2, 0.25) is 0 Å². The third-order valence-electron chi connectivity index (χ3n) is 3.16. The quantitative estimate of drug-likeness (QED) is 0.749. The van der Waals surface area contributed by atoms with E-state index in [2.05, 4.69) is 5.32 Å². The lowest BCUT2D eigenvalue weighted by Gasteiger charge is -2.10. The standard InChI is InChI=1S/C19H15NO3/c21-16-11-15(20-19(22)14-7-3-1-4-8-14)12-18(13-16)23-17-9-5-2-6-10-17/h1-13,21H,(H,20,22). The van der Waals surface area contributed by atoms with Crippen LogP contribution in [0.25, 0.3) is 0 Å². The first-order chi connectivity index (χ1) is 11.2. The minimum atomic E-state index is -0.248. The van der Waals surface area contributed by atoms with Gasteiger partial charge in [0.1, 0.15) is 17.2 Å². The zero-order valence-corrected chi connectivity index (χ0v) is 12.3. The number of rotatable bonds is 4. The van der Waals surface area contributed by atoms with Crippen LogP contribution in [0, 0.1) is 0 Å². The minimum absolute atomic E-state index is 0.0155. The maximum absolute atomic E-state index is 12.2. The molecule has 0 aliphatic rings. The maximum atomic E-state index is 12.2. The third kappa shape index (κ3) is 3.89. The highest BCUT2D eigenvalue weighted by Crippen LogP contribution is 2.29. The first kappa shape index (κ1) is 14.7. The largest absolute Gasteiger partial charge is 0.508 e. The number of carbonyl (C=O) groups is 1. The van der Waals surface area contributed by atoms with Gasteiger partial charge in [0.2, 0.25) is 0 Å². The molecule has 0 fully saturated rings. The van der Waals surface area contributed by atoms with Crippen LogP contribution in [0.5, 0.6) is 17.2 Å². The van der Waals surface area contributed by atoms with Crippen molar-refractivity contribution in [1.82, 2.24) is 0 Å². The number of benzene rings is 3. The third-order valence-corrected chi connectivity index (χ3v) is 3.16. The van der Waals surface area contributed by atoms with Crippen molar-refractivity contribution < 1.29 is 14.6 Å². The second kappa shape index (κ2) is 6.66. The van der Waals surface area contributed by atoms with Crippen LogP contribution >= 0.6 is 0 Å². The highest BCUT2D eigenvalue weighted by Gasteiger charge is 2.08. The number of amides is 1. The van der Waals surface area contributed by atoms with E-state index in [1.54, 1.807) is 30.3 Å². The van der Waals surface area contributed by atoms with E-state index in [9.17, 15) is 9.90 Å². The Labute approximate surface area is 134 Å². The minimum Gasteiger partial charge on any atom is -0.508 e. The number of anilines is 1. The molecule has 0 bridgehead atoms. The van der Waals surface area contributed by atoms with Crippen molar-refractivity contribution in [2.75, 3.05) is 5.32 Å². The number of phenols is 1. The van der Waals surface area contributed by atoms with Crippen molar-refractivity contribution >= 4 is 11.6 Å². The highest BCUT2D eigenvalue weighted by molar-refractivity contribution is 6.04. The van der Waals surface area contributed by atoms with E-state index in [0.29, 0.717) is 22.7 Å². The lowest BCUT2D eigenvalue weighted by atomic mass is 10.2. The molecule has 0 unspecified atom stereocenters. The van der Waals surface area contributed by atoms with Gasteiger partial charge in [-0.1, -0.05) is 36.4 Å². The highest BCUT2D eigenvalue weighted by atomic mass is 16.5. The molecular formula is C19H15NO3. The normalized spacial score (nSPS) is 10.1. The van der Waals surface area contributed by atoms with Gasteiger partial charge in [0.25, 0.3) is 5.91 Å². The smallest absolute Gasteiger partial charge is 0.255 e. The van der Waals surface area contributed by atoms with Crippen LogP contribution < -0.4 is 10.1 Å². The van der Waals surface area contributed by atoms with Crippen molar-refractivity contribution in [3.63, 3.8) is 0 Å². The summed E-state index contributed by atoms with van der Waals surface area (Å²) in [6.45, 7) is 0. The summed E-state index contributed by atoms with van der Waals surface area (Å²) in [6.07, 6.45) is 0. The Kier molecular flexibility index (Phi) is 4.25. The predicted molar refractivity (Wildman–Crippen MR) is 89.0 cm³/mol. The molecule has 0 saturated heterocycles. The van der Waals surface area contributed by atoms with E-state index in [4.69, 9.17) is 4.74 Å². The van der Waals surface area contributed by atoms with Gasteiger partial charge in [-0.2, -0.15) is 0 Å². The van der Waals surface area contributed by atoms with Gasteiger partial charge in [0.05, 0.1) is 0 Å². The molecule has 4 nitrogen and oxygen atoms in total. The second-order valence-electron chi connectivity index (χ2n) is 4.95. The number of aromatic hydroxyl groups is 1. The summed E-state index contributed by atoms with van der Waals surface area (Å²) in [5.41, 5.74) is 1.01. The van der Waals surface area contributed by atoms with E-state index in [1.165, 1.54) is 12.1 Å². The number of para-hydroxylation sites is 1. The number of nitrogens with one attached hydrogen (secondary N) is 1. The molecule has 0 atom stereocenters. The van der Waals surface area contributed by atoms with Gasteiger partial charge in [-0.05, 0) is 24.3 Å². The second-order valence-corrected chi connectivity index (χ2v) is 4.95. The monoisotopic (exact) mass is 305 g/mol. The van der Waals surface area contributed by atoms with Crippen molar-refractivity contribution in [1.29, 1.82) is 0 Å². The van der Waals surface area contributed by atoms with Crippen LogP contribution in [-0.4, -0.2) is 11.0 Å². The number of carbonyl (C=O) groups excluding carboxylic acids is 1. The fourth-order valence-corrected chi connectivity index (χ4v) is 2.13. The summed E-state index contributed by atoms with van der Waals surface area (Å²) < 4.78 is 5.68. The first-order valence-electron chi connectivity index (χ1n) is 7.14. The molecule has 114 valence electrons. The molecule has 23 heavy (non-hydrogen) atoms. The van der Waals surface area contributed by atoms with E-state index >= 15 is 0 Å². The maximum Gasteiger partial charge on any atom is 0.255 e. The molecule has 1 amide bonds. The van der Waals surface area contributed by atoms with Gasteiger partial charge in [-0.25, -0.2) is 0 Å². The van der Waals surface area contributed by atoms with Gasteiger partial charge in [0.15, 0.2) is 0 Å². The predicted octanol–water partition coefficient (Wildman–Crippen LogP) is 4.44. The summed E-state index contributed by atoms with van der Waals surface area (Å²) in [5, 5.41) is 12.6. The number of hydrogen-bond donors (Lipinski definition) is 2. The molecule has 0 spiro atoms. The Morgan fingerprint density at radius 3 is 2.17 bits per heavy atom. The summed E-state index contributed by atoms with van der Waals surface area (Å²) in [7, 11) is 0. The number of hydrogen-bond acceptors (Lipinski definition) is 3. The number of phenolic OH excluding ortho intramolecular Hbond substituents is 1. The van der Waals surface area contributed by atoms with Gasteiger partial charge >= 0.3 is 0 Å². The van der Waals surface area contributed by atoms with Gasteiger partial charge in [-0.15, -0.1) is 0 Å². The van der Waals surface area contributed by atoms with Gasteiger partial charge < -0.3 is 15.2 Å². The summed E-state index contributed by atoms with van der Waals surface area (Å²) in [4.78, 5) is 12.2. The Hall–Kier alpha value is -3.27. The molecule has 0 radical (unpaired) electrons. The van der Waals surface area contributed by atoms with Gasteiger partial charge in [0, 0.05) is 29.4 Å². The Bertz CT molecular complexity index is 801. The zero-order valence-electron chi connectivity index (χ0n) is 12.3. The van der Waals surface area contributed by atoms with Crippen molar-refractivity contribution in [2.24, 2.45) is 0 Å². The van der Waals surface area contributed by atoms with Crippen LogP contribution in [0.15, 0.2) is 78.9 Å². The van der Waals surface area contributed by atoms with Crippen LogP contribution in [-0.2, 0) is 0 Å². The van der Waals surface area contributed by atoms with E-state index in [0.717, 1.165) is 0 Å². The number of ether oxygens (including phenoxy) is 1. The molecule has 0 heterocycles. The average Bonchev–Trinajstić information content (AvgIpc) is 2.56. The molecule has 3 aromatic carbocycles. The Morgan fingerprint density at radius 2 is 1.48 bits per heavy atom. The van der Waals surface area contributed by atoms with E-state index < -0.39 is 0 Å². The van der Waals surface area contributed by atoms with Crippen molar-refractivity contribution in [3.05, 3.63) is 84.4 Å². The van der Waals surface area contributed by atoms with Crippen LogP contribution in [0.3, 0.4) is 0 Å².